The molecule has 2 aromatic rings. The van der Waals surface area contributed by atoms with Gasteiger partial charge in [0.1, 0.15) is 0 Å². The van der Waals surface area contributed by atoms with Crippen molar-refractivity contribution >= 4 is 11.4 Å². The molecule has 0 N–H and O–H groups in total. The van der Waals surface area contributed by atoms with Gasteiger partial charge in [-0.05, 0) is 24.0 Å². The van der Waals surface area contributed by atoms with Crippen molar-refractivity contribution < 1.29 is 9.85 Å². The van der Waals surface area contributed by atoms with Crippen LogP contribution in [0.3, 0.4) is 0 Å². The molecule has 1 aliphatic rings. The van der Waals surface area contributed by atoms with Crippen molar-refractivity contribution in [3.05, 3.63) is 79.9 Å². The predicted molar refractivity (Wildman–Crippen MR) is 140 cm³/mol. The average molecular weight is 493 g/mol. The van der Waals surface area contributed by atoms with Gasteiger partial charge in [-0.2, -0.15) is 10.5 Å². The van der Waals surface area contributed by atoms with Crippen molar-refractivity contribution in [2.75, 3.05) is 0 Å². The fraction of sp³-hybridized carbons (Fsp3) is 0.500. The van der Waals surface area contributed by atoms with Crippen molar-refractivity contribution in [3.8, 4) is 12.1 Å². The summed E-state index contributed by atoms with van der Waals surface area (Å²) in [6.45, 7) is 4.49. The molecule has 8 heteroatoms. The van der Waals surface area contributed by atoms with Gasteiger partial charge in [-0.1, -0.05) is 89.5 Å². The Morgan fingerprint density at radius 2 is 1.25 bits per heavy atom. The van der Waals surface area contributed by atoms with Gasteiger partial charge in [0.05, 0.1) is 33.8 Å². The van der Waals surface area contributed by atoms with Gasteiger partial charge in [0.25, 0.3) is 11.4 Å². The highest BCUT2D eigenvalue weighted by Crippen LogP contribution is 2.39. The standard InChI is InChI=1S/C13H14N2O2.C8H6N2O2.C7H16/c14-10-13(8-2-1-3-9-13)11-4-6-12(7-5-11)15(16)17;9-6-5-7-1-3-8(4-2-7)10(11)12;1-3-5-7-6-4-2/h4-7H,1-3,8-9H2;1-4H,5H2;3-7H2,1-2H3. The minimum absolute atomic E-state index is 0.0525. The highest BCUT2D eigenvalue weighted by molar-refractivity contribution is 5.40. The van der Waals surface area contributed by atoms with Crippen molar-refractivity contribution in [2.45, 2.75) is 89.9 Å². The zero-order chi connectivity index (χ0) is 26.8. The van der Waals surface area contributed by atoms with Crippen molar-refractivity contribution in [2.24, 2.45) is 0 Å². The third kappa shape index (κ3) is 10.2. The van der Waals surface area contributed by atoms with Crippen molar-refractivity contribution in [3.63, 3.8) is 0 Å². The number of hydrogen-bond donors (Lipinski definition) is 0. The Morgan fingerprint density at radius 1 is 0.778 bits per heavy atom. The van der Waals surface area contributed by atoms with Crippen LogP contribution >= 0.6 is 0 Å². The zero-order valence-corrected chi connectivity index (χ0v) is 21.3. The van der Waals surface area contributed by atoms with Gasteiger partial charge in [-0.3, -0.25) is 20.2 Å². The molecule has 0 amide bonds. The van der Waals surface area contributed by atoms with Crippen LogP contribution in [0.5, 0.6) is 0 Å². The Morgan fingerprint density at radius 3 is 1.64 bits per heavy atom. The summed E-state index contributed by atoms with van der Waals surface area (Å²) in [5.41, 5.74) is 1.43. The molecular formula is C28H36N4O4. The van der Waals surface area contributed by atoms with Gasteiger partial charge >= 0.3 is 0 Å². The lowest BCUT2D eigenvalue weighted by Gasteiger charge is -2.30. The van der Waals surface area contributed by atoms with E-state index in [0.29, 0.717) is 0 Å². The second-order valence-corrected chi connectivity index (χ2v) is 8.88. The summed E-state index contributed by atoms with van der Waals surface area (Å²) in [7, 11) is 0. The number of nitriles is 2. The maximum Gasteiger partial charge on any atom is 0.269 e. The number of non-ortho nitro benzene ring substituents is 2. The third-order valence-electron chi connectivity index (χ3n) is 6.19. The molecule has 2 aromatic carbocycles. The van der Waals surface area contributed by atoms with E-state index in [9.17, 15) is 25.5 Å². The molecule has 36 heavy (non-hydrogen) atoms. The minimum atomic E-state index is -0.462. The highest BCUT2D eigenvalue weighted by atomic mass is 16.6. The summed E-state index contributed by atoms with van der Waals surface area (Å²) in [6.07, 6.45) is 12.3. The monoisotopic (exact) mass is 492 g/mol. The number of unbranched alkanes of at least 4 members (excludes halogenated alkanes) is 4. The summed E-state index contributed by atoms with van der Waals surface area (Å²) in [6, 6.07) is 16.8. The van der Waals surface area contributed by atoms with Crippen molar-refractivity contribution in [1.82, 2.24) is 0 Å². The van der Waals surface area contributed by atoms with Crippen LogP contribution in [-0.4, -0.2) is 9.85 Å². The summed E-state index contributed by atoms with van der Waals surface area (Å²) in [5.74, 6) is 0. The molecule has 1 aliphatic carbocycles. The third-order valence-corrected chi connectivity index (χ3v) is 6.19. The summed E-state index contributed by atoms with van der Waals surface area (Å²) >= 11 is 0. The van der Waals surface area contributed by atoms with Gasteiger partial charge in [0.15, 0.2) is 0 Å². The van der Waals surface area contributed by atoms with E-state index in [-0.39, 0.29) is 17.8 Å². The molecule has 0 atom stereocenters. The predicted octanol–water partition coefficient (Wildman–Crippen LogP) is 7.96. The maximum atomic E-state index is 10.6. The quantitative estimate of drug-likeness (QED) is 0.208. The second kappa shape index (κ2) is 16.8. The van der Waals surface area contributed by atoms with Gasteiger partial charge in [0, 0.05) is 24.3 Å². The molecule has 0 aliphatic heterocycles. The van der Waals surface area contributed by atoms with Gasteiger partial charge in [-0.15, -0.1) is 0 Å². The lowest BCUT2D eigenvalue weighted by Crippen LogP contribution is -2.26. The van der Waals surface area contributed by atoms with Gasteiger partial charge in [0.2, 0.25) is 0 Å². The number of hydrogen-bond acceptors (Lipinski definition) is 6. The zero-order valence-electron chi connectivity index (χ0n) is 21.3. The van der Waals surface area contributed by atoms with Crippen LogP contribution in [0.25, 0.3) is 0 Å². The van der Waals surface area contributed by atoms with E-state index < -0.39 is 15.3 Å². The first-order valence-corrected chi connectivity index (χ1v) is 12.6. The molecule has 1 saturated carbocycles. The lowest BCUT2D eigenvalue weighted by molar-refractivity contribution is -0.385. The molecule has 0 radical (unpaired) electrons. The summed E-state index contributed by atoms with van der Waals surface area (Å²) in [5, 5.41) is 38.5. The number of benzene rings is 2. The SMILES string of the molecule is CCCCCCC.N#CC1(c2ccc([N+](=O)[O-])cc2)CCCCC1.N#CCc1ccc([N+](=O)[O-])cc1. The first kappa shape index (κ1) is 30.3. The molecule has 0 bridgehead atoms. The van der Waals surface area contributed by atoms with E-state index in [2.05, 4.69) is 19.9 Å². The van der Waals surface area contributed by atoms with E-state index in [4.69, 9.17) is 5.26 Å². The maximum absolute atomic E-state index is 10.6. The summed E-state index contributed by atoms with van der Waals surface area (Å²) in [4.78, 5) is 19.9. The van der Waals surface area contributed by atoms with Crippen LogP contribution in [0.1, 0.15) is 89.2 Å². The van der Waals surface area contributed by atoms with E-state index in [0.717, 1.165) is 36.8 Å². The lowest BCUT2D eigenvalue weighted by atomic mass is 9.70. The molecule has 0 saturated heterocycles. The van der Waals surface area contributed by atoms with E-state index in [1.807, 2.05) is 6.07 Å². The molecule has 192 valence electrons. The van der Waals surface area contributed by atoms with Crippen molar-refractivity contribution in [1.29, 1.82) is 10.5 Å². The molecule has 0 spiro atoms. The average Bonchev–Trinajstić information content (AvgIpc) is 2.91. The fourth-order valence-electron chi connectivity index (χ4n) is 4.03. The van der Waals surface area contributed by atoms with Crippen LogP contribution in [0.15, 0.2) is 48.5 Å². The van der Waals surface area contributed by atoms with Gasteiger partial charge < -0.3 is 0 Å². The van der Waals surface area contributed by atoms with Crippen LogP contribution in [0.2, 0.25) is 0 Å². The van der Waals surface area contributed by atoms with Gasteiger partial charge in [-0.25, -0.2) is 0 Å². The van der Waals surface area contributed by atoms with E-state index >= 15 is 0 Å². The van der Waals surface area contributed by atoms with Crippen LogP contribution in [0, 0.1) is 42.9 Å². The first-order chi connectivity index (χ1) is 17.3. The smallest absolute Gasteiger partial charge is 0.258 e. The number of nitro groups is 2. The van der Waals surface area contributed by atoms with E-state index in [1.54, 1.807) is 24.3 Å². The molecule has 0 aromatic heterocycles. The van der Waals surface area contributed by atoms with Crippen LogP contribution in [-0.2, 0) is 11.8 Å². The fourth-order valence-corrected chi connectivity index (χ4v) is 4.03. The Balaban J connectivity index is 0.000000298. The Hall–Kier alpha value is -3.78. The molecule has 8 nitrogen and oxygen atoms in total. The molecular weight excluding hydrogens is 456 g/mol. The molecule has 0 unspecified atom stereocenters. The number of nitrogens with zero attached hydrogens (tertiary/aromatic N) is 4. The largest absolute Gasteiger partial charge is 0.269 e. The highest BCUT2D eigenvalue weighted by Gasteiger charge is 2.34. The second-order valence-electron chi connectivity index (χ2n) is 8.88. The molecule has 3 rings (SSSR count). The van der Waals surface area contributed by atoms with E-state index in [1.165, 1.54) is 62.8 Å². The Kier molecular flexibility index (Phi) is 14.1. The number of rotatable bonds is 8. The van der Waals surface area contributed by atoms with Crippen LogP contribution < -0.4 is 0 Å². The minimum Gasteiger partial charge on any atom is -0.258 e. The Labute approximate surface area is 213 Å². The normalized spacial score (nSPS) is 13.4. The molecule has 0 heterocycles. The topological polar surface area (TPSA) is 134 Å². The molecule has 1 fully saturated rings. The first-order valence-electron chi connectivity index (χ1n) is 12.6. The number of nitro benzene ring substituents is 2. The van der Waals surface area contributed by atoms with Crippen LogP contribution in [0.4, 0.5) is 11.4 Å². The summed E-state index contributed by atoms with van der Waals surface area (Å²) < 4.78 is 0. The Bertz CT molecular complexity index is 1010.